The zero-order valence-electron chi connectivity index (χ0n) is 10.5. The van der Waals surface area contributed by atoms with Gasteiger partial charge in [-0.2, -0.15) is 0 Å². The van der Waals surface area contributed by atoms with Crippen LogP contribution in [-0.4, -0.2) is 19.8 Å². The van der Waals surface area contributed by atoms with E-state index >= 15 is 0 Å². The number of imidazole rings is 1. The summed E-state index contributed by atoms with van der Waals surface area (Å²) in [5.41, 5.74) is 1.06. The van der Waals surface area contributed by atoms with Gasteiger partial charge in [-0.15, -0.1) is 0 Å². The fraction of sp³-hybridized carbons (Fsp3) is 0.462. The number of fused-ring (bicyclic) bond motifs is 1. The first kappa shape index (κ1) is 11.9. The molecule has 0 aliphatic carbocycles. The van der Waals surface area contributed by atoms with Gasteiger partial charge in [-0.3, -0.25) is 9.13 Å². The molecular formula is C13H18N2O2. The van der Waals surface area contributed by atoms with Crippen LogP contribution in [0.25, 0.3) is 11.0 Å². The Labute approximate surface area is 100 Å². The van der Waals surface area contributed by atoms with Crippen molar-refractivity contribution in [1.82, 2.24) is 9.13 Å². The van der Waals surface area contributed by atoms with Crippen LogP contribution in [0, 0.1) is 0 Å². The molecule has 0 bridgehead atoms. The minimum Gasteiger partial charge on any atom is -0.390 e. The maximum absolute atomic E-state index is 12.0. The summed E-state index contributed by atoms with van der Waals surface area (Å²) in [5.74, 6) is 0. The Balaban J connectivity index is 2.47. The standard InChI is InChI=1S/C13H18N2O2/c1-13(2,17)8-9-15-11-7-5-4-6-10(11)14(3)12(15)16/h4-7,17H,8-9H2,1-3H3. The Morgan fingerprint density at radius 1 is 1.24 bits per heavy atom. The number of hydrogen-bond donors (Lipinski definition) is 1. The minimum absolute atomic E-state index is 0.0320. The van der Waals surface area contributed by atoms with Gasteiger partial charge in [0.1, 0.15) is 0 Å². The van der Waals surface area contributed by atoms with E-state index in [4.69, 9.17) is 0 Å². The Bertz CT molecular complexity index is 587. The van der Waals surface area contributed by atoms with Gasteiger partial charge in [-0.1, -0.05) is 12.1 Å². The molecule has 0 aliphatic heterocycles. The molecule has 1 aromatic carbocycles. The minimum atomic E-state index is -0.754. The summed E-state index contributed by atoms with van der Waals surface area (Å²) < 4.78 is 3.35. The molecule has 0 saturated carbocycles. The predicted molar refractivity (Wildman–Crippen MR) is 68.1 cm³/mol. The number of aromatic nitrogens is 2. The van der Waals surface area contributed by atoms with E-state index in [0.29, 0.717) is 13.0 Å². The van der Waals surface area contributed by atoms with E-state index in [1.807, 2.05) is 24.3 Å². The molecule has 0 saturated heterocycles. The summed E-state index contributed by atoms with van der Waals surface area (Å²) >= 11 is 0. The number of aryl methyl sites for hydroxylation is 2. The van der Waals surface area contributed by atoms with Gasteiger partial charge in [0, 0.05) is 13.6 Å². The van der Waals surface area contributed by atoms with Gasteiger partial charge in [0.05, 0.1) is 16.6 Å². The van der Waals surface area contributed by atoms with Crippen molar-refractivity contribution in [2.75, 3.05) is 0 Å². The number of nitrogens with zero attached hydrogens (tertiary/aromatic N) is 2. The first-order valence-corrected chi connectivity index (χ1v) is 5.77. The molecule has 4 nitrogen and oxygen atoms in total. The van der Waals surface area contributed by atoms with Crippen LogP contribution in [-0.2, 0) is 13.6 Å². The first-order chi connectivity index (χ1) is 7.90. The van der Waals surface area contributed by atoms with Gasteiger partial charge in [0.25, 0.3) is 0 Å². The molecule has 0 unspecified atom stereocenters. The van der Waals surface area contributed by atoms with E-state index in [-0.39, 0.29) is 5.69 Å². The van der Waals surface area contributed by atoms with E-state index < -0.39 is 5.60 Å². The molecule has 0 aliphatic rings. The van der Waals surface area contributed by atoms with Crippen LogP contribution in [0.3, 0.4) is 0 Å². The summed E-state index contributed by atoms with van der Waals surface area (Å²) in [7, 11) is 1.77. The average molecular weight is 234 g/mol. The SMILES string of the molecule is Cn1c(=O)n(CCC(C)(C)O)c2ccccc21. The zero-order valence-corrected chi connectivity index (χ0v) is 10.5. The van der Waals surface area contributed by atoms with E-state index in [2.05, 4.69) is 0 Å². The molecule has 1 heterocycles. The van der Waals surface area contributed by atoms with Gasteiger partial charge in [0.2, 0.25) is 0 Å². The number of benzene rings is 1. The normalized spacial score (nSPS) is 12.2. The van der Waals surface area contributed by atoms with Crippen molar-refractivity contribution in [3.8, 4) is 0 Å². The topological polar surface area (TPSA) is 47.2 Å². The number of hydrogen-bond acceptors (Lipinski definition) is 2. The van der Waals surface area contributed by atoms with Gasteiger partial charge in [0.15, 0.2) is 0 Å². The van der Waals surface area contributed by atoms with Gasteiger partial charge in [-0.25, -0.2) is 4.79 Å². The van der Waals surface area contributed by atoms with Crippen molar-refractivity contribution in [1.29, 1.82) is 0 Å². The molecule has 0 spiro atoms. The number of para-hydroxylation sites is 2. The Morgan fingerprint density at radius 2 is 1.82 bits per heavy atom. The average Bonchev–Trinajstić information content (AvgIpc) is 2.49. The lowest BCUT2D eigenvalue weighted by molar-refractivity contribution is 0.0662. The van der Waals surface area contributed by atoms with Crippen molar-refractivity contribution in [2.45, 2.75) is 32.4 Å². The van der Waals surface area contributed by atoms with Crippen molar-refractivity contribution in [2.24, 2.45) is 7.05 Å². The number of aliphatic hydroxyl groups is 1. The largest absolute Gasteiger partial charge is 0.390 e. The number of rotatable bonds is 3. The zero-order chi connectivity index (χ0) is 12.6. The van der Waals surface area contributed by atoms with Crippen molar-refractivity contribution >= 4 is 11.0 Å². The lowest BCUT2D eigenvalue weighted by atomic mass is 10.1. The Morgan fingerprint density at radius 3 is 2.41 bits per heavy atom. The van der Waals surface area contributed by atoms with E-state index in [0.717, 1.165) is 11.0 Å². The molecule has 2 aromatic rings. The Hall–Kier alpha value is -1.55. The molecule has 1 aromatic heterocycles. The van der Waals surface area contributed by atoms with E-state index in [1.54, 1.807) is 30.0 Å². The molecule has 0 radical (unpaired) electrons. The predicted octanol–water partition coefficient (Wildman–Crippen LogP) is 1.50. The highest BCUT2D eigenvalue weighted by Gasteiger charge is 2.15. The second-order valence-electron chi connectivity index (χ2n) is 5.04. The van der Waals surface area contributed by atoms with Crippen LogP contribution in [0.4, 0.5) is 0 Å². The van der Waals surface area contributed by atoms with Crippen molar-refractivity contribution < 1.29 is 5.11 Å². The monoisotopic (exact) mass is 234 g/mol. The lowest BCUT2D eigenvalue weighted by Crippen LogP contribution is -2.27. The highest BCUT2D eigenvalue weighted by atomic mass is 16.3. The van der Waals surface area contributed by atoms with E-state index in [9.17, 15) is 9.90 Å². The van der Waals surface area contributed by atoms with Crippen LogP contribution in [0.1, 0.15) is 20.3 Å². The maximum atomic E-state index is 12.0. The first-order valence-electron chi connectivity index (χ1n) is 5.77. The highest BCUT2D eigenvalue weighted by Crippen LogP contribution is 2.14. The van der Waals surface area contributed by atoms with Crippen LogP contribution < -0.4 is 5.69 Å². The summed E-state index contributed by atoms with van der Waals surface area (Å²) in [6.45, 7) is 4.04. The van der Waals surface area contributed by atoms with Crippen LogP contribution in [0.5, 0.6) is 0 Å². The third kappa shape index (κ3) is 2.26. The fourth-order valence-corrected chi connectivity index (χ4v) is 1.96. The van der Waals surface area contributed by atoms with Crippen LogP contribution in [0.2, 0.25) is 0 Å². The summed E-state index contributed by atoms with van der Waals surface area (Å²) in [6.07, 6.45) is 0.556. The molecule has 0 fully saturated rings. The molecule has 92 valence electrons. The molecule has 2 rings (SSSR count). The Kier molecular flexibility index (Phi) is 2.83. The van der Waals surface area contributed by atoms with Gasteiger partial charge < -0.3 is 5.11 Å². The molecule has 0 amide bonds. The molecule has 0 atom stereocenters. The smallest absolute Gasteiger partial charge is 0.328 e. The molecule has 1 N–H and O–H groups in total. The highest BCUT2D eigenvalue weighted by molar-refractivity contribution is 5.75. The molecule has 4 heteroatoms. The molecular weight excluding hydrogens is 216 g/mol. The summed E-state index contributed by atoms with van der Waals surface area (Å²) in [5, 5.41) is 9.73. The lowest BCUT2D eigenvalue weighted by Gasteiger charge is -2.16. The van der Waals surface area contributed by atoms with Crippen molar-refractivity contribution in [3.63, 3.8) is 0 Å². The maximum Gasteiger partial charge on any atom is 0.328 e. The summed E-state index contributed by atoms with van der Waals surface area (Å²) in [4.78, 5) is 12.0. The quantitative estimate of drug-likeness (QED) is 0.875. The van der Waals surface area contributed by atoms with Crippen molar-refractivity contribution in [3.05, 3.63) is 34.7 Å². The third-order valence-corrected chi connectivity index (χ3v) is 3.00. The molecule has 17 heavy (non-hydrogen) atoms. The second-order valence-corrected chi connectivity index (χ2v) is 5.04. The van der Waals surface area contributed by atoms with E-state index in [1.165, 1.54) is 0 Å². The van der Waals surface area contributed by atoms with Crippen LogP contribution >= 0.6 is 0 Å². The summed E-state index contributed by atoms with van der Waals surface area (Å²) in [6, 6.07) is 7.70. The van der Waals surface area contributed by atoms with Gasteiger partial charge >= 0.3 is 5.69 Å². The van der Waals surface area contributed by atoms with Crippen LogP contribution in [0.15, 0.2) is 29.1 Å². The fourth-order valence-electron chi connectivity index (χ4n) is 1.96. The van der Waals surface area contributed by atoms with Gasteiger partial charge in [-0.05, 0) is 32.4 Å². The second kappa shape index (κ2) is 4.04. The third-order valence-electron chi connectivity index (χ3n) is 3.00.